The number of hydrogen-bond acceptors (Lipinski definition) is 3. The van der Waals surface area contributed by atoms with Crippen LogP contribution in [0.25, 0.3) is 0 Å². The molecule has 1 aromatic carbocycles. The zero-order valence-electron chi connectivity index (χ0n) is 7.49. The monoisotopic (exact) mass is 305 g/mol. The van der Waals surface area contributed by atoms with Crippen LogP contribution in [-0.4, -0.2) is 10.7 Å². The van der Waals surface area contributed by atoms with E-state index in [0.29, 0.717) is 0 Å². The predicted molar refractivity (Wildman–Crippen MR) is 60.4 cm³/mol. The SMILES string of the molecule is CCC(=O)c1ccc(I)cc1[N+](=O)[O-]. The van der Waals surface area contributed by atoms with E-state index in [1.54, 1.807) is 13.0 Å². The van der Waals surface area contributed by atoms with Crippen molar-refractivity contribution in [1.82, 2.24) is 0 Å². The van der Waals surface area contributed by atoms with E-state index < -0.39 is 4.92 Å². The summed E-state index contributed by atoms with van der Waals surface area (Å²) in [4.78, 5) is 21.5. The number of carbonyl (C=O) groups is 1. The van der Waals surface area contributed by atoms with Crippen molar-refractivity contribution in [3.8, 4) is 0 Å². The van der Waals surface area contributed by atoms with Crippen molar-refractivity contribution in [2.24, 2.45) is 0 Å². The zero-order valence-corrected chi connectivity index (χ0v) is 9.65. The highest BCUT2D eigenvalue weighted by Gasteiger charge is 2.18. The topological polar surface area (TPSA) is 60.2 Å². The third-order valence-corrected chi connectivity index (χ3v) is 2.45. The Labute approximate surface area is 94.6 Å². The fraction of sp³-hybridized carbons (Fsp3) is 0.222. The lowest BCUT2D eigenvalue weighted by atomic mass is 10.1. The standard InChI is InChI=1S/C9H8INO3/c1-2-9(12)7-4-3-6(10)5-8(7)11(13)14/h3-5H,2H2,1H3. The first kappa shape index (κ1) is 11.1. The number of rotatable bonds is 3. The molecular formula is C9H8INO3. The van der Waals surface area contributed by atoms with E-state index in [9.17, 15) is 14.9 Å². The first-order valence-electron chi connectivity index (χ1n) is 4.03. The van der Waals surface area contributed by atoms with Gasteiger partial charge in [-0.2, -0.15) is 0 Å². The molecule has 74 valence electrons. The predicted octanol–water partition coefficient (Wildman–Crippen LogP) is 2.79. The number of halogens is 1. The molecule has 0 saturated heterocycles. The fourth-order valence-electron chi connectivity index (χ4n) is 1.08. The molecular weight excluding hydrogens is 297 g/mol. The van der Waals surface area contributed by atoms with Gasteiger partial charge in [-0.15, -0.1) is 0 Å². The molecule has 1 aromatic rings. The van der Waals surface area contributed by atoms with Gasteiger partial charge in [0.15, 0.2) is 5.78 Å². The second-order valence-electron chi connectivity index (χ2n) is 2.70. The van der Waals surface area contributed by atoms with Crippen molar-refractivity contribution in [3.05, 3.63) is 37.4 Å². The van der Waals surface area contributed by atoms with Gasteiger partial charge in [0.25, 0.3) is 5.69 Å². The third kappa shape index (κ3) is 2.28. The Bertz CT molecular complexity index is 390. The van der Waals surface area contributed by atoms with Crippen molar-refractivity contribution in [2.45, 2.75) is 13.3 Å². The van der Waals surface area contributed by atoms with Gasteiger partial charge in [-0.25, -0.2) is 0 Å². The lowest BCUT2D eigenvalue weighted by Crippen LogP contribution is -2.02. The lowest BCUT2D eigenvalue weighted by Gasteiger charge is -2.00. The third-order valence-electron chi connectivity index (χ3n) is 1.78. The Kier molecular flexibility index (Phi) is 3.56. The Morgan fingerprint density at radius 3 is 2.71 bits per heavy atom. The van der Waals surface area contributed by atoms with E-state index in [4.69, 9.17) is 0 Å². The molecule has 0 fully saturated rings. The molecule has 0 spiro atoms. The summed E-state index contributed by atoms with van der Waals surface area (Å²) in [6.07, 6.45) is 0.279. The highest BCUT2D eigenvalue weighted by Crippen LogP contribution is 2.22. The first-order chi connectivity index (χ1) is 6.56. The molecule has 1 rings (SSSR count). The van der Waals surface area contributed by atoms with Crippen LogP contribution in [0.4, 0.5) is 5.69 Å². The van der Waals surface area contributed by atoms with E-state index in [2.05, 4.69) is 0 Å². The maximum atomic E-state index is 11.3. The van der Waals surface area contributed by atoms with Gasteiger partial charge in [-0.3, -0.25) is 14.9 Å². The first-order valence-corrected chi connectivity index (χ1v) is 5.11. The quantitative estimate of drug-likeness (QED) is 0.373. The molecule has 14 heavy (non-hydrogen) atoms. The van der Waals surface area contributed by atoms with Crippen LogP contribution in [0.1, 0.15) is 23.7 Å². The van der Waals surface area contributed by atoms with Crippen LogP contribution in [0.5, 0.6) is 0 Å². The number of Topliss-reactive ketones (excluding diaryl/α,β-unsaturated/α-hetero) is 1. The number of nitrogens with zero attached hydrogens (tertiary/aromatic N) is 1. The van der Waals surface area contributed by atoms with Crippen LogP contribution in [0, 0.1) is 13.7 Å². The number of carbonyl (C=O) groups excluding carboxylic acids is 1. The summed E-state index contributed by atoms with van der Waals surface area (Å²) in [5.74, 6) is -0.201. The van der Waals surface area contributed by atoms with E-state index in [1.807, 2.05) is 22.6 Å². The molecule has 0 bridgehead atoms. The molecule has 0 aliphatic heterocycles. The van der Waals surface area contributed by atoms with Gasteiger partial charge >= 0.3 is 0 Å². The average Bonchev–Trinajstić information content (AvgIpc) is 2.16. The van der Waals surface area contributed by atoms with Crippen LogP contribution in [0.15, 0.2) is 18.2 Å². The number of ketones is 1. The molecule has 0 aromatic heterocycles. The normalized spacial score (nSPS) is 9.86. The van der Waals surface area contributed by atoms with Crippen molar-refractivity contribution in [3.63, 3.8) is 0 Å². The molecule has 5 heteroatoms. The second kappa shape index (κ2) is 4.50. The Balaban J connectivity index is 3.28. The van der Waals surface area contributed by atoms with E-state index in [-0.39, 0.29) is 23.5 Å². The Morgan fingerprint density at radius 2 is 2.21 bits per heavy atom. The highest BCUT2D eigenvalue weighted by atomic mass is 127. The summed E-state index contributed by atoms with van der Waals surface area (Å²) < 4.78 is 0.752. The van der Waals surface area contributed by atoms with Crippen LogP contribution in [-0.2, 0) is 0 Å². The summed E-state index contributed by atoms with van der Waals surface area (Å²) in [6, 6.07) is 4.60. The molecule has 0 unspecified atom stereocenters. The van der Waals surface area contributed by atoms with Crippen LogP contribution >= 0.6 is 22.6 Å². The molecule has 0 N–H and O–H groups in total. The summed E-state index contributed by atoms with van der Waals surface area (Å²) >= 11 is 1.98. The van der Waals surface area contributed by atoms with E-state index in [1.165, 1.54) is 12.1 Å². The van der Waals surface area contributed by atoms with Gasteiger partial charge in [0.05, 0.1) is 10.5 Å². The molecule has 0 aliphatic rings. The number of nitro groups is 1. The minimum atomic E-state index is -0.523. The minimum absolute atomic E-state index is 0.108. The number of nitro benzene ring substituents is 1. The summed E-state index contributed by atoms with van der Waals surface area (Å²) in [5, 5.41) is 10.6. The molecule has 0 heterocycles. The zero-order chi connectivity index (χ0) is 10.7. The van der Waals surface area contributed by atoms with Gasteiger partial charge in [0, 0.05) is 16.1 Å². The number of benzene rings is 1. The van der Waals surface area contributed by atoms with Crippen LogP contribution in [0.3, 0.4) is 0 Å². The molecule has 0 saturated carbocycles. The van der Waals surface area contributed by atoms with Gasteiger partial charge in [0.2, 0.25) is 0 Å². The summed E-state index contributed by atoms with van der Waals surface area (Å²) in [7, 11) is 0. The van der Waals surface area contributed by atoms with Crippen molar-refractivity contribution in [2.75, 3.05) is 0 Å². The van der Waals surface area contributed by atoms with Gasteiger partial charge in [-0.05, 0) is 34.7 Å². The molecule has 4 nitrogen and oxygen atoms in total. The largest absolute Gasteiger partial charge is 0.294 e. The van der Waals surface area contributed by atoms with Crippen molar-refractivity contribution >= 4 is 34.1 Å². The summed E-state index contributed by atoms with van der Waals surface area (Å²) in [6.45, 7) is 1.68. The second-order valence-corrected chi connectivity index (χ2v) is 3.94. The van der Waals surface area contributed by atoms with Gasteiger partial charge in [0.1, 0.15) is 0 Å². The molecule has 0 amide bonds. The number of hydrogen-bond donors (Lipinski definition) is 0. The smallest absolute Gasteiger partial charge is 0.281 e. The average molecular weight is 305 g/mol. The van der Waals surface area contributed by atoms with Gasteiger partial charge in [-0.1, -0.05) is 6.92 Å². The van der Waals surface area contributed by atoms with Crippen molar-refractivity contribution in [1.29, 1.82) is 0 Å². The fourth-order valence-corrected chi connectivity index (χ4v) is 1.56. The molecule has 0 atom stereocenters. The van der Waals surface area contributed by atoms with E-state index >= 15 is 0 Å². The van der Waals surface area contributed by atoms with Gasteiger partial charge < -0.3 is 0 Å². The van der Waals surface area contributed by atoms with Crippen molar-refractivity contribution < 1.29 is 9.72 Å². The lowest BCUT2D eigenvalue weighted by molar-refractivity contribution is -0.385. The highest BCUT2D eigenvalue weighted by molar-refractivity contribution is 14.1. The molecule has 0 radical (unpaired) electrons. The minimum Gasteiger partial charge on any atom is -0.294 e. The Hall–Kier alpha value is -0.980. The summed E-state index contributed by atoms with van der Waals surface area (Å²) in [5.41, 5.74) is 0.0849. The maximum absolute atomic E-state index is 11.3. The van der Waals surface area contributed by atoms with Crippen LogP contribution in [0.2, 0.25) is 0 Å². The van der Waals surface area contributed by atoms with Crippen LogP contribution < -0.4 is 0 Å². The molecule has 0 aliphatic carbocycles. The maximum Gasteiger partial charge on any atom is 0.281 e. The van der Waals surface area contributed by atoms with E-state index in [0.717, 1.165) is 3.57 Å². The Morgan fingerprint density at radius 1 is 1.57 bits per heavy atom.